The number of methoxy groups -OCH3 is 1. The second kappa shape index (κ2) is 6.92. The molecule has 0 aromatic heterocycles. The molecule has 0 spiro atoms. The molecule has 0 fully saturated rings. The van der Waals surface area contributed by atoms with E-state index in [0.717, 1.165) is 18.7 Å². The van der Waals surface area contributed by atoms with E-state index in [-0.39, 0.29) is 5.54 Å². The smallest absolute Gasteiger partial charge is 0.123 e. The van der Waals surface area contributed by atoms with Gasteiger partial charge in [0.25, 0.3) is 0 Å². The Balaban J connectivity index is 2.83. The van der Waals surface area contributed by atoms with Crippen LogP contribution in [0.3, 0.4) is 0 Å². The molecule has 0 saturated heterocycles. The average molecular weight is 264 g/mol. The molecule has 3 heteroatoms. The fraction of sp³-hybridized carbons (Fsp3) is 0.625. The van der Waals surface area contributed by atoms with Crippen molar-refractivity contribution in [3.05, 3.63) is 29.3 Å². The summed E-state index contributed by atoms with van der Waals surface area (Å²) in [7, 11) is 1.72. The number of nitrogens with two attached hydrogens (primary N) is 1. The molecule has 1 rings (SSSR count). The number of hydrogen-bond donors (Lipinski definition) is 2. The van der Waals surface area contributed by atoms with Crippen LogP contribution in [0.15, 0.2) is 18.2 Å². The Kier molecular flexibility index (Phi) is 5.83. The summed E-state index contributed by atoms with van der Waals surface area (Å²) < 4.78 is 5.44. The minimum Gasteiger partial charge on any atom is -0.496 e. The van der Waals surface area contributed by atoms with Crippen LogP contribution in [0.4, 0.5) is 0 Å². The van der Waals surface area contributed by atoms with E-state index < -0.39 is 0 Å². The number of benzene rings is 1. The molecule has 0 radical (unpaired) electrons. The maximum atomic E-state index is 5.64. The highest BCUT2D eigenvalue weighted by molar-refractivity contribution is 5.38. The Morgan fingerprint density at radius 1 is 1.32 bits per heavy atom. The Morgan fingerprint density at radius 3 is 2.53 bits per heavy atom. The van der Waals surface area contributed by atoms with Crippen LogP contribution in [-0.2, 0) is 6.54 Å². The van der Waals surface area contributed by atoms with Gasteiger partial charge in [-0.15, -0.1) is 0 Å². The van der Waals surface area contributed by atoms with Crippen molar-refractivity contribution in [3.8, 4) is 5.75 Å². The van der Waals surface area contributed by atoms with Gasteiger partial charge in [-0.3, -0.25) is 0 Å². The van der Waals surface area contributed by atoms with Crippen molar-refractivity contribution in [2.75, 3.05) is 13.7 Å². The van der Waals surface area contributed by atoms with Gasteiger partial charge in [-0.1, -0.05) is 26.0 Å². The molecule has 0 amide bonds. The predicted molar refractivity (Wildman–Crippen MR) is 81.7 cm³/mol. The second-order valence-corrected chi connectivity index (χ2v) is 6.00. The first-order chi connectivity index (χ1) is 8.89. The summed E-state index contributed by atoms with van der Waals surface area (Å²) >= 11 is 0. The SMILES string of the molecule is COc1ccc(C(C)C)cc1CNC(C)(C)CCN. The third-order valence-corrected chi connectivity index (χ3v) is 3.50. The molecule has 0 heterocycles. The maximum Gasteiger partial charge on any atom is 0.123 e. The molecular formula is C16H28N2O. The monoisotopic (exact) mass is 264 g/mol. The summed E-state index contributed by atoms with van der Waals surface area (Å²) in [6.45, 7) is 10.3. The third kappa shape index (κ3) is 4.84. The zero-order valence-electron chi connectivity index (χ0n) is 12.9. The molecule has 0 atom stereocenters. The van der Waals surface area contributed by atoms with Gasteiger partial charge in [0.1, 0.15) is 5.75 Å². The Bertz CT molecular complexity index is 400. The predicted octanol–water partition coefficient (Wildman–Crippen LogP) is 3.04. The van der Waals surface area contributed by atoms with Crippen LogP contribution in [0.1, 0.15) is 51.2 Å². The van der Waals surface area contributed by atoms with E-state index in [0.29, 0.717) is 12.5 Å². The molecule has 1 aromatic carbocycles. The molecule has 0 aliphatic heterocycles. The van der Waals surface area contributed by atoms with Gasteiger partial charge in [0.15, 0.2) is 0 Å². The summed E-state index contributed by atoms with van der Waals surface area (Å²) in [4.78, 5) is 0. The molecule has 19 heavy (non-hydrogen) atoms. The van der Waals surface area contributed by atoms with E-state index in [9.17, 15) is 0 Å². The van der Waals surface area contributed by atoms with Crippen molar-refractivity contribution in [3.63, 3.8) is 0 Å². The largest absolute Gasteiger partial charge is 0.496 e. The molecule has 1 aromatic rings. The van der Waals surface area contributed by atoms with Gasteiger partial charge in [-0.25, -0.2) is 0 Å². The zero-order valence-corrected chi connectivity index (χ0v) is 12.9. The Labute approximate surface area is 117 Å². The van der Waals surface area contributed by atoms with Gasteiger partial charge in [-0.2, -0.15) is 0 Å². The molecule has 0 unspecified atom stereocenters. The zero-order chi connectivity index (χ0) is 14.5. The van der Waals surface area contributed by atoms with Crippen molar-refractivity contribution < 1.29 is 4.74 Å². The van der Waals surface area contributed by atoms with Gasteiger partial charge in [0, 0.05) is 17.6 Å². The molecule has 0 aliphatic rings. The normalized spacial score (nSPS) is 11.9. The summed E-state index contributed by atoms with van der Waals surface area (Å²) in [5.41, 5.74) is 8.24. The molecule has 108 valence electrons. The Hall–Kier alpha value is -1.06. The fourth-order valence-corrected chi connectivity index (χ4v) is 2.08. The number of rotatable bonds is 7. The molecule has 3 nitrogen and oxygen atoms in total. The fourth-order valence-electron chi connectivity index (χ4n) is 2.08. The van der Waals surface area contributed by atoms with Crippen LogP contribution in [0.5, 0.6) is 5.75 Å². The van der Waals surface area contributed by atoms with Gasteiger partial charge >= 0.3 is 0 Å². The number of hydrogen-bond acceptors (Lipinski definition) is 3. The first-order valence-electron chi connectivity index (χ1n) is 7.01. The number of ether oxygens (including phenoxy) is 1. The van der Waals surface area contributed by atoms with E-state index in [2.05, 4.69) is 51.2 Å². The van der Waals surface area contributed by atoms with Crippen molar-refractivity contribution >= 4 is 0 Å². The van der Waals surface area contributed by atoms with Crippen molar-refractivity contribution in [2.45, 2.75) is 52.1 Å². The number of nitrogens with one attached hydrogen (secondary N) is 1. The van der Waals surface area contributed by atoms with Crippen LogP contribution >= 0.6 is 0 Å². The summed E-state index contributed by atoms with van der Waals surface area (Å²) in [6, 6.07) is 6.43. The summed E-state index contributed by atoms with van der Waals surface area (Å²) in [6.07, 6.45) is 0.958. The lowest BCUT2D eigenvalue weighted by atomic mass is 9.98. The summed E-state index contributed by atoms with van der Waals surface area (Å²) in [5.74, 6) is 1.47. The van der Waals surface area contributed by atoms with Crippen LogP contribution in [-0.4, -0.2) is 19.2 Å². The topological polar surface area (TPSA) is 47.3 Å². The highest BCUT2D eigenvalue weighted by Gasteiger charge is 2.16. The van der Waals surface area contributed by atoms with E-state index in [1.807, 2.05) is 0 Å². The second-order valence-electron chi connectivity index (χ2n) is 6.00. The van der Waals surface area contributed by atoms with Crippen molar-refractivity contribution in [2.24, 2.45) is 5.73 Å². The van der Waals surface area contributed by atoms with Crippen molar-refractivity contribution in [1.29, 1.82) is 0 Å². The Morgan fingerprint density at radius 2 is 2.00 bits per heavy atom. The highest BCUT2D eigenvalue weighted by Crippen LogP contribution is 2.24. The van der Waals surface area contributed by atoms with E-state index >= 15 is 0 Å². The lowest BCUT2D eigenvalue weighted by Gasteiger charge is -2.26. The van der Waals surface area contributed by atoms with Gasteiger partial charge in [0.05, 0.1) is 7.11 Å². The van der Waals surface area contributed by atoms with Crippen molar-refractivity contribution in [1.82, 2.24) is 5.32 Å². The minimum absolute atomic E-state index is 0.0492. The van der Waals surface area contributed by atoms with Gasteiger partial charge < -0.3 is 15.8 Å². The molecule has 0 aliphatic carbocycles. The first kappa shape index (κ1) is 16.0. The highest BCUT2D eigenvalue weighted by atomic mass is 16.5. The lowest BCUT2D eigenvalue weighted by Crippen LogP contribution is -2.40. The minimum atomic E-state index is 0.0492. The molecule has 0 saturated carbocycles. The molecule has 0 bridgehead atoms. The standard InChI is InChI=1S/C16H28N2O/c1-12(2)13-6-7-15(19-5)14(10-13)11-18-16(3,4)8-9-17/h6-7,10,12,18H,8-9,11,17H2,1-5H3. The van der Waals surface area contributed by atoms with Crippen LogP contribution < -0.4 is 15.8 Å². The maximum absolute atomic E-state index is 5.64. The van der Waals surface area contributed by atoms with E-state index in [1.54, 1.807) is 7.11 Å². The van der Waals surface area contributed by atoms with Crippen LogP contribution in [0, 0.1) is 0 Å². The molecular weight excluding hydrogens is 236 g/mol. The van der Waals surface area contributed by atoms with Gasteiger partial charge in [0.2, 0.25) is 0 Å². The van der Waals surface area contributed by atoms with E-state index in [4.69, 9.17) is 10.5 Å². The third-order valence-electron chi connectivity index (χ3n) is 3.50. The molecule has 3 N–H and O–H groups in total. The van der Waals surface area contributed by atoms with Gasteiger partial charge in [-0.05, 0) is 44.4 Å². The lowest BCUT2D eigenvalue weighted by molar-refractivity contribution is 0.357. The summed E-state index contributed by atoms with van der Waals surface area (Å²) in [5, 5.41) is 3.56. The quantitative estimate of drug-likeness (QED) is 0.796. The first-order valence-corrected chi connectivity index (χ1v) is 7.01. The van der Waals surface area contributed by atoms with Crippen LogP contribution in [0.25, 0.3) is 0 Å². The average Bonchev–Trinajstić information content (AvgIpc) is 2.36. The van der Waals surface area contributed by atoms with E-state index in [1.165, 1.54) is 11.1 Å². The van der Waals surface area contributed by atoms with Crippen LogP contribution in [0.2, 0.25) is 0 Å².